The molecule has 0 atom stereocenters. The third-order valence-electron chi connectivity index (χ3n) is 12.4. The van der Waals surface area contributed by atoms with E-state index >= 15 is 0 Å². The van der Waals surface area contributed by atoms with Crippen molar-refractivity contribution < 1.29 is 4.42 Å². The first kappa shape index (κ1) is 36.5. The number of furan rings is 1. The van der Waals surface area contributed by atoms with Crippen molar-refractivity contribution in [3.05, 3.63) is 243 Å². The largest absolute Gasteiger partial charge is 0.455 e. The number of aromatic nitrogens is 1. The second kappa shape index (κ2) is 15.3. The van der Waals surface area contributed by atoms with E-state index < -0.39 is 0 Å². The quantitative estimate of drug-likeness (QED) is 0.153. The highest BCUT2D eigenvalue weighted by molar-refractivity contribution is 6.13. The maximum Gasteiger partial charge on any atom is 0.143 e. The minimum Gasteiger partial charge on any atom is -0.455 e. The number of hydrogen-bond acceptors (Lipinski definition) is 2. The Labute approximate surface area is 366 Å². The van der Waals surface area contributed by atoms with Crippen LogP contribution in [0.2, 0.25) is 0 Å². The molecule has 0 saturated carbocycles. The lowest BCUT2D eigenvalue weighted by molar-refractivity contribution is 0.670. The van der Waals surface area contributed by atoms with Crippen molar-refractivity contribution in [2.45, 2.75) is 0 Å². The molecule has 3 heteroatoms. The molecule has 0 saturated heterocycles. The fourth-order valence-electron chi connectivity index (χ4n) is 9.46. The summed E-state index contributed by atoms with van der Waals surface area (Å²) in [6.45, 7) is 0. The summed E-state index contributed by atoms with van der Waals surface area (Å²) in [6, 6.07) is 87.1. The standard InChI is InChI=1S/C60H40N2O/c1-3-16-41(17-4-1)43-30-35-46(36-31-43)61(47-37-32-44(33-38-47)42-18-5-2-6-19-42)55-26-11-7-20-49(55)50-21-8-12-27-56(50)62-57-28-13-9-22-51(57)54-40-45(34-39-58(54)62)48-24-15-25-53-52-23-10-14-29-59(52)63-60(48)53/h1-40H. The van der Waals surface area contributed by atoms with Crippen LogP contribution in [0, 0.1) is 0 Å². The summed E-state index contributed by atoms with van der Waals surface area (Å²) in [4.78, 5) is 2.40. The molecule has 0 N–H and O–H groups in total. The Morgan fingerprint density at radius 3 is 1.54 bits per heavy atom. The Morgan fingerprint density at radius 2 is 0.825 bits per heavy atom. The average molecular weight is 805 g/mol. The van der Waals surface area contributed by atoms with Crippen LogP contribution in [0.25, 0.3) is 93.9 Å². The number of rotatable bonds is 8. The van der Waals surface area contributed by atoms with Crippen molar-refractivity contribution in [1.29, 1.82) is 0 Å². The molecule has 0 aliphatic heterocycles. The predicted octanol–water partition coefficient (Wildman–Crippen LogP) is 16.8. The highest BCUT2D eigenvalue weighted by atomic mass is 16.3. The van der Waals surface area contributed by atoms with Crippen LogP contribution in [-0.2, 0) is 0 Å². The molecule has 0 unspecified atom stereocenters. The van der Waals surface area contributed by atoms with Gasteiger partial charge in [-0.2, -0.15) is 0 Å². The number of nitrogens with zero attached hydrogens (tertiary/aromatic N) is 2. The lowest BCUT2D eigenvalue weighted by atomic mass is 9.98. The Kier molecular flexibility index (Phi) is 8.83. The Balaban J connectivity index is 1.02. The lowest BCUT2D eigenvalue weighted by Gasteiger charge is -2.29. The highest BCUT2D eigenvalue weighted by Gasteiger charge is 2.22. The van der Waals surface area contributed by atoms with Crippen molar-refractivity contribution in [1.82, 2.24) is 4.57 Å². The van der Waals surface area contributed by atoms with E-state index in [1.165, 1.54) is 33.0 Å². The van der Waals surface area contributed by atoms with Gasteiger partial charge in [0.15, 0.2) is 0 Å². The molecule has 2 heterocycles. The molecular weight excluding hydrogens is 765 g/mol. The fraction of sp³-hybridized carbons (Fsp3) is 0. The topological polar surface area (TPSA) is 21.3 Å². The molecule has 0 radical (unpaired) electrons. The molecule has 0 aliphatic rings. The van der Waals surface area contributed by atoms with Gasteiger partial charge < -0.3 is 13.9 Å². The van der Waals surface area contributed by atoms with Gasteiger partial charge in [0, 0.05) is 49.6 Å². The van der Waals surface area contributed by atoms with Gasteiger partial charge >= 0.3 is 0 Å². The van der Waals surface area contributed by atoms with Crippen LogP contribution in [0.15, 0.2) is 247 Å². The van der Waals surface area contributed by atoms with Crippen LogP contribution >= 0.6 is 0 Å². The number of hydrogen-bond donors (Lipinski definition) is 0. The molecule has 63 heavy (non-hydrogen) atoms. The maximum absolute atomic E-state index is 6.51. The van der Waals surface area contributed by atoms with Gasteiger partial charge in [-0.15, -0.1) is 0 Å². The Bertz CT molecular complexity index is 3520. The lowest BCUT2D eigenvalue weighted by Crippen LogP contribution is -2.11. The van der Waals surface area contributed by atoms with Gasteiger partial charge in [-0.1, -0.05) is 182 Å². The molecular formula is C60H40N2O. The van der Waals surface area contributed by atoms with Gasteiger partial charge in [-0.25, -0.2) is 0 Å². The van der Waals surface area contributed by atoms with E-state index in [-0.39, 0.29) is 0 Å². The van der Waals surface area contributed by atoms with Crippen LogP contribution in [0.1, 0.15) is 0 Å². The van der Waals surface area contributed by atoms with Gasteiger partial charge in [0.1, 0.15) is 11.2 Å². The molecule has 12 aromatic rings. The summed E-state index contributed by atoms with van der Waals surface area (Å²) in [5, 5.41) is 4.66. The van der Waals surface area contributed by atoms with E-state index in [1.54, 1.807) is 0 Å². The fourth-order valence-corrected chi connectivity index (χ4v) is 9.46. The number of benzene rings is 10. The summed E-state index contributed by atoms with van der Waals surface area (Å²) >= 11 is 0. The summed E-state index contributed by atoms with van der Waals surface area (Å²) in [7, 11) is 0. The first-order valence-electron chi connectivity index (χ1n) is 21.5. The monoisotopic (exact) mass is 804 g/mol. The van der Waals surface area contributed by atoms with Crippen LogP contribution in [-0.4, -0.2) is 4.57 Å². The van der Waals surface area contributed by atoms with Gasteiger partial charge in [-0.05, 0) is 88.5 Å². The first-order chi connectivity index (χ1) is 31.3. The molecule has 0 amide bonds. The average Bonchev–Trinajstić information content (AvgIpc) is 3.91. The van der Waals surface area contributed by atoms with E-state index in [0.717, 1.165) is 78.0 Å². The number of para-hydroxylation sites is 5. The van der Waals surface area contributed by atoms with Crippen molar-refractivity contribution in [2.24, 2.45) is 0 Å². The van der Waals surface area contributed by atoms with Crippen molar-refractivity contribution in [3.8, 4) is 50.2 Å². The van der Waals surface area contributed by atoms with E-state index in [9.17, 15) is 0 Å². The van der Waals surface area contributed by atoms with Crippen LogP contribution in [0.4, 0.5) is 17.1 Å². The zero-order valence-electron chi connectivity index (χ0n) is 34.4. The van der Waals surface area contributed by atoms with Crippen molar-refractivity contribution >= 4 is 60.8 Å². The number of fused-ring (bicyclic) bond motifs is 6. The van der Waals surface area contributed by atoms with Crippen LogP contribution in [0.5, 0.6) is 0 Å². The van der Waals surface area contributed by atoms with Crippen LogP contribution < -0.4 is 4.90 Å². The van der Waals surface area contributed by atoms with Crippen LogP contribution in [0.3, 0.4) is 0 Å². The second-order valence-corrected chi connectivity index (χ2v) is 16.1. The molecule has 3 nitrogen and oxygen atoms in total. The molecule has 0 bridgehead atoms. The number of anilines is 3. The second-order valence-electron chi connectivity index (χ2n) is 16.1. The molecule has 10 aromatic carbocycles. The van der Waals surface area contributed by atoms with E-state index in [1.807, 2.05) is 12.1 Å². The van der Waals surface area contributed by atoms with Gasteiger partial charge in [-0.3, -0.25) is 0 Å². The Hall–Kier alpha value is -8.40. The zero-order chi connectivity index (χ0) is 41.7. The third kappa shape index (κ3) is 6.29. The SMILES string of the molecule is c1ccc(-c2ccc(N(c3ccc(-c4ccccc4)cc3)c3ccccc3-c3ccccc3-n3c4ccccc4c4cc(-c5cccc6c5oc5ccccc56)ccc43)cc2)cc1. The third-order valence-corrected chi connectivity index (χ3v) is 12.4. The van der Waals surface area contributed by atoms with Crippen molar-refractivity contribution in [3.63, 3.8) is 0 Å². The molecule has 296 valence electrons. The predicted molar refractivity (Wildman–Crippen MR) is 264 cm³/mol. The minimum absolute atomic E-state index is 0.904. The van der Waals surface area contributed by atoms with Gasteiger partial charge in [0.2, 0.25) is 0 Å². The highest BCUT2D eigenvalue weighted by Crippen LogP contribution is 2.45. The maximum atomic E-state index is 6.51. The zero-order valence-corrected chi connectivity index (χ0v) is 34.4. The molecule has 12 rings (SSSR count). The van der Waals surface area contributed by atoms with E-state index in [4.69, 9.17) is 4.42 Å². The summed E-state index contributed by atoms with van der Waals surface area (Å²) in [5.41, 5.74) is 17.7. The van der Waals surface area contributed by atoms with Gasteiger partial charge in [0.05, 0.1) is 22.4 Å². The Morgan fingerprint density at radius 1 is 0.317 bits per heavy atom. The molecule has 0 aliphatic carbocycles. The summed E-state index contributed by atoms with van der Waals surface area (Å²) < 4.78 is 8.95. The van der Waals surface area contributed by atoms with Crippen molar-refractivity contribution in [2.75, 3.05) is 4.90 Å². The molecule has 0 fully saturated rings. The molecule has 2 aromatic heterocycles. The normalized spacial score (nSPS) is 11.5. The van der Waals surface area contributed by atoms with E-state index in [0.29, 0.717) is 0 Å². The summed E-state index contributed by atoms with van der Waals surface area (Å²) in [5.74, 6) is 0. The molecule has 0 spiro atoms. The minimum atomic E-state index is 0.904. The van der Waals surface area contributed by atoms with Gasteiger partial charge in [0.25, 0.3) is 0 Å². The smallest absolute Gasteiger partial charge is 0.143 e. The summed E-state index contributed by atoms with van der Waals surface area (Å²) in [6.07, 6.45) is 0. The first-order valence-corrected chi connectivity index (χ1v) is 21.5. The van der Waals surface area contributed by atoms with E-state index in [2.05, 4.69) is 240 Å².